The molecule has 4 N–H and O–H groups in total. The number of amides is 1. The van der Waals surface area contributed by atoms with Crippen LogP contribution >= 0.6 is 27.5 Å². The van der Waals surface area contributed by atoms with Crippen molar-refractivity contribution in [2.45, 2.75) is 0 Å². The molecule has 1 aromatic heterocycles. The van der Waals surface area contributed by atoms with E-state index in [2.05, 4.69) is 31.7 Å². The number of carbonyl (C=O) groups is 1. The van der Waals surface area contributed by atoms with Crippen LogP contribution in [0.1, 0.15) is 10.4 Å². The molecule has 0 aliphatic heterocycles. The Hall–Kier alpha value is -1.70. The summed E-state index contributed by atoms with van der Waals surface area (Å²) < 4.78 is 13.4. The Kier molecular flexibility index (Phi) is 4.53. The van der Waals surface area contributed by atoms with Crippen LogP contribution in [0.2, 0.25) is 5.15 Å². The molecule has 0 aliphatic carbocycles. The number of nitrogens with one attached hydrogen (secondary N) is 2. The maximum Gasteiger partial charge on any atom is 0.255 e. The Morgan fingerprint density at radius 2 is 2.10 bits per heavy atom. The van der Waals surface area contributed by atoms with Crippen molar-refractivity contribution < 1.29 is 9.18 Å². The number of nitrogens with two attached hydrogens (primary N) is 1. The lowest BCUT2D eigenvalue weighted by Crippen LogP contribution is -2.15. The Balaban J connectivity index is 2.26. The van der Waals surface area contributed by atoms with E-state index in [1.54, 1.807) is 0 Å². The molecule has 0 saturated heterocycles. The molecule has 5 nitrogen and oxygen atoms in total. The number of halogens is 3. The molecule has 0 atom stereocenters. The predicted molar refractivity (Wildman–Crippen MR) is 79.1 cm³/mol. The number of anilines is 2. The van der Waals surface area contributed by atoms with E-state index in [4.69, 9.17) is 17.4 Å². The van der Waals surface area contributed by atoms with E-state index in [1.807, 2.05) is 0 Å². The summed E-state index contributed by atoms with van der Waals surface area (Å²) in [6, 6.07) is 6.78. The van der Waals surface area contributed by atoms with Gasteiger partial charge in [0, 0.05) is 10.0 Å². The SMILES string of the molecule is NNc1cc(C(=O)Nc2ccc(F)cc2Br)cc(Cl)n1. The van der Waals surface area contributed by atoms with Crippen LogP contribution in [-0.2, 0) is 0 Å². The number of carbonyl (C=O) groups excluding carboxylic acids is 1. The summed E-state index contributed by atoms with van der Waals surface area (Å²) >= 11 is 8.95. The highest BCUT2D eigenvalue weighted by Crippen LogP contribution is 2.24. The number of hydrogen-bond acceptors (Lipinski definition) is 4. The third-order valence-electron chi connectivity index (χ3n) is 2.38. The van der Waals surface area contributed by atoms with E-state index in [1.165, 1.54) is 30.3 Å². The van der Waals surface area contributed by atoms with Crippen molar-refractivity contribution in [3.63, 3.8) is 0 Å². The lowest BCUT2D eigenvalue weighted by atomic mass is 10.2. The maximum absolute atomic E-state index is 13.0. The second-order valence-electron chi connectivity index (χ2n) is 3.79. The first-order valence-corrected chi connectivity index (χ1v) is 6.57. The van der Waals surface area contributed by atoms with Crippen molar-refractivity contribution in [1.29, 1.82) is 0 Å². The van der Waals surface area contributed by atoms with Gasteiger partial charge < -0.3 is 10.7 Å². The van der Waals surface area contributed by atoms with Gasteiger partial charge in [-0.05, 0) is 46.3 Å². The zero-order valence-electron chi connectivity index (χ0n) is 9.95. The van der Waals surface area contributed by atoms with Gasteiger partial charge >= 0.3 is 0 Å². The van der Waals surface area contributed by atoms with Crippen molar-refractivity contribution >= 4 is 44.9 Å². The molecule has 0 bridgehead atoms. The first-order valence-electron chi connectivity index (χ1n) is 5.40. The van der Waals surface area contributed by atoms with Gasteiger partial charge in [0.15, 0.2) is 0 Å². The molecule has 0 radical (unpaired) electrons. The monoisotopic (exact) mass is 358 g/mol. The van der Waals surface area contributed by atoms with Gasteiger partial charge in [0.05, 0.1) is 5.69 Å². The number of hydrogen-bond donors (Lipinski definition) is 3. The largest absolute Gasteiger partial charge is 0.321 e. The molecule has 1 amide bonds. The molecule has 0 spiro atoms. The van der Waals surface area contributed by atoms with Crippen LogP contribution in [0.15, 0.2) is 34.8 Å². The topological polar surface area (TPSA) is 80.0 Å². The number of aromatic nitrogens is 1. The van der Waals surface area contributed by atoms with Crippen molar-refractivity contribution in [3.8, 4) is 0 Å². The van der Waals surface area contributed by atoms with Gasteiger partial charge in [-0.2, -0.15) is 0 Å². The second-order valence-corrected chi connectivity index (χ2v) is 5.03. The zero-order valence-corrected chi connectivity index (χ0v) is 12.3. The average Bonchev–Trinajstić information content (AvgIpc) is 2.41. The summed E-state index contributed by atoms with van der Waals surface area (Å²) in [5.74, 6) is 4.67. The first kappa shape index (κ1) is 14.7. The first-order chi connectivity index (χ1) is 9.49. The molecule has 0 unspecified atom stereocenters. The number of pyridine rings is 1. The summed E-state index contributed by atoms with van der Waals surface area (Å²) in [7, 11) is 0. The molecule has 0 aliphatic rings. The van der Waals surface area contributed by atoms with Gasteiger partial charge in [0.1, 0.15) is 16.8 Å². The van der Waals surface area contributed by atoms with E-state index < -0.39 is 11.7 Å². The van der Waals surface area contributed by atoms with Crippen molar-refractivity contribution in [2.24, 2.45) is 5.84 Å². The van der Waals surface area contributed by atoms with Crippen LogP contribution in [0.4, 0.5) is 15.9 Å². The number of hydrazine groups is 1. The van der Waals surface area contributed by atoms with Crippen LogP contribution in [0.5, 0.6) is 0 Å². The average molecular weight is 360 g/mol. The van der Waals surface area contributed by atoms with E-state index in [0.717, 1.165) is 0 Å². The van der Waals surface area contributed by atoms with Gasteiger partial charge in [-0.15, -0.1) is 0 Å². The molecule has 104 valence electrons. The normalized spacial score (nSPS) is 10.2. The third-order valence-corrected chi connectivity index (χ3v) is 3.23. The highest BCUT2D eigenvalue weighted by Gasteiger charge is 2.11. The van der Waals surface area contributed by atoms with Crippen molar-refractivity contribution in [3.05, 3.63) is 51.3 Å². The van der Waals surface area contributed by atoms with Crippen LogP contribution in [0, 0.1) is 5.82 Å². The molecule has 1 aromatic carbocycles. The van der Waals surface area contributed by atoms with E-state index in [-0.39, 0.29) is 16.5 Å². The van der Waals surface area contributed by atoms with Crippen molar-refractivity contribution in [2.75, 3.05) is 10.7 Å². The van der Waals surface area contributed by atoms with Gasteiger partial charge in [-0.1, -0.05) is 11.6 Å². The molecular weight excluding hydrogens is 351 g/mol. The predicted octanol–water partition coefficient (Wildman–Crippen LogP) is 3.17. The maximum atomic E-state index is 13.0. The summed E-state index contributed by atoms with van der Waals surface area (Å²) in [6.45, 7) is 0. The van der Waals surface area contributed by atoms with Gasteiger partial charge in [-0.3, -0.25) is 4.79 Å². The van der Waals surface area contributed by atoms with Gasteiger partial charge in [0.2, 0.25) is 0 Å². The standard InChI is InChI=1S/C12H9BrClFN4O/c13-8-5-7(15)1-2-9(8)17-12(20)6-3-10(14)18-11(4-6)19-16/h1-5H,16H2,(H,17,20)(H,18,19). The molecule has 20 heavy (non-hydrogen) atoms. The molecule has 1 heterocycles. The van der Waals surface area contributed by atoms with E-state index in [0.29, 0.717) is 10.2 Å². The highest BCUT2D eigenvalue weighted by atomic mass is 79.9. The number of benzene rings is 1. The lowest BCUT2D eigenvalue weighted by Gasteiger charge is -2.09. The number of nitrogen functional groups attached to an aromatic ring is 1. The highest BCUT2D eigenvalue weighted by molar-refractivity contribution is 9.10. The van der Waals surface area contributed by atoms with Crippen LogP contribution in [-0.4, -0.2) is 10.9 Å². The fraction of sp³-hybridized carbons (Fsp3) is 0. The Bertz CT molecular complexity index is 668. The van der Waals surface area contributed by atoms with E-state index >= 15 is 0 Å². The summed E-state index contributed by atoms with van der Waals surface area (Å²) in [5.41, 5.74) is 3.02. The Morgan fingerprint density at radius 3 is 2.75 bits per heavy atom. The number of nitrogens with zero attached hydrogens (tertiary/aromatic N) is 1. The fourth-order valence-electron chi connectivity index (χ4n) is 1.49. The quantitative estimate of drug-likeness (QED) is 0.447. The summed E-state index contributed by atoms with van der Waals surface area (Å²) in [4.78, 5) is 16.0. The lowest BCUT2D eigenvalue weighted by molar-refractivity contribution is 0.102. The van der Waals surface area contributed by atoms with E-state index in [9.17, 15) is 9.18 Å². The van der Waals surface area contributed by atoms with Crippen LogP contribution in [0.25, 0.3) is 0 Å². The van der Waals surface area contributed by atoms with Crippen LogP contribution in [0.3, 0.4) is 0 Å². The summed E-state index contributed by atoms with van der Waals surface area (Å²) in [6.07, 6.45) is 0. The molecular formula is C12H9BrClFN4O. The van der Waals surface area contributed by atoms with Crippen LogP contribution < -0.4 is 16.6 Å². The Labute approximate surface area is 127 Å². The molecule has 2 rings (SSSR count). The minimum Gasteiger partial charge on any atom is -0.321 e. The number of rotatable bonds is 3. The molecule has 0 fully saturated rings. The smallest absolute Gasteiger partial charge is 0.255 e. The fourth-order valence-corrected chi connectivity index (χ4v) is 2.15. The minimum atomic E-state index is -0.418. The minimum absolute atomic E-state index is 0.128. The summed E-state index contributed by atoms with van der Waals surface area (Å²) in [5, 5.41) is 2.75. The second kappa shape index (κ2) is 6.17. The van der Waals surface area contributed by atoms with Gasteiger partial charge in [-0.25, -0.2) is 15.2 Å². The Morgan fingerprint density at radius 1 is 1.35 bits per heavy atom. The third kappa shape index (κ3) is 3.44. The zero-order chi connectivity index (χ0) is 14.7. The molecule has 8 heteroatoms. The molecule has 2 aromatic rings. The van der Waals surface area contributed by atoms with Crippen molar-refractivity contribution in [1.82, 2.24) is 4.98 Å². The van der Waals surface area contributed by atoms with Gasteiger partial charge in [0.25, 0.3) is 5.91 Å². The molecule has 0 saturated carbocycles.